The number of anilines is 1. The standard InChI is InChI=1S/C15H20BN3O2.ClH/c1-14(2)15(3,4)21-16(20-14)11-6-7-12-10(8-11)9-18-13(17-5)19-12;/h6-9H,1-5H3,(H,17,18,19);1H. The lowest BCUT2D eigenvalue weighted by molar-refractivity contribution is 0.00578. The molecule has 0 aliphatic carbocycles. The topological polar surface area (TPSA) is 56.3 Å². The van der Waals surface area contributed by atoms with E-state index < -0.39 is 0 Å². The van der Waals surface area contributed by atoms with Crippen LogP contribution in [-0.2, 0) is 9.31 Å². The molecule has 7 heteroatoms. The first-order valence-electron chi connectivity index (χ1n) is 7.12. The molecule has 1 aromatic carbocycles. The molecule has 1 aliphatic heterocycles. The number of hydrogen-bond acceptors (Lipinski definition) is 5. The summed E-state index contributed by atoms with van der Waals surface area (Å²) in [6, 6.07) is 5.99. The van der Waals surface area contributed by atoms with E-state index in [1.54, 1.807) is 7.05 Å². The second-order valence-corrected chi connectivity index (χ2v) is 6.35. The Balaban J connectivity index is 0.00000176. The normalized spacial score (nSPS) is 19.0. The number of halogens is 1. The highest BCUT2D eigenvalue weighted by Crippen LogP contribution is 2.36. The molecule has 1 N–H and O–H groups in total. The molecule has 1 fully saturated rings. The molecule has 5 nitrogen and oxygen atoms in total. The number of hydrogen-bond donors (Lipinski definition) is 1. The molecular formula is C15H21BClN3O2. The van der Waals surface area contributed by atoms with E-state index in [1.807, 2.05) is 24.4 Å². The Morgan fingerprint density at radius 2 is 1.73 bits per heavy atom. The van der Waals surface area contributed by atoms with Crippen molar-refractivity contribution in [2.75, 3.05) is 12.4 Å². The molecule has 2 heterocycles. The second-order valence-electron chi connectivity index (χ2n) is 6.35. The number of nitrogens with one attached hydrogen (secondary N) is 1. The predicted molar refractivity (Wildman–Crippen MR) is 92.0 cm³/mol. The van der Waals surface area contributed by atoms with Gasteiger partial charge in [0.25, 0.3) is 0 Å². The van der Waals surface area contributed by atoms with Crippen molar-refractivity contribution in [3.05, 3.63) is 24.4 Å². The van der Waals surface area contributed by atoms with Gasteiger partial charge in [0.15, 0.2) is 0 Å². The van der Waals surface area contributed by atoms with Crippen molar-refractivity contribution in [1.29, 1.82) is 0 Å². The maximum absolute atomic E-state index is 6.07. The molecule has 0 bridgehead atoms. The van der Waals surface area contributed by atoms with Crippen molar-refractivity contribution in [3.63, 3.8) is 0 Å². The highest BCUT2D eigenvalue weighted by molar-refractivity contribution is 6.62. The zero-order valence-electron chi connectivity index (χ0n) is 13.5. The van der Waals surface area contributed by atoms with E-state index in [4.69, 9.17) is 9.31 Å². The van der Waals surface area contributed by atoms with Gasteiger partial charge in [-0.25, -0.2) is 9.97 Å². The molecule has 1 aliphatic rings. The average Bonchev–Trinajstić information content (AvgIpc) is 2.66. The first-order chi connectivity index (χ1) is 9.82. The van der Waals surface area contributed by atoms with Crippen LogP contribution in [0.15, 0.2) is 24.4 Å². The van der Waals surface area contributed by atoms with Crippen LogP contribution in [0.1, 0.15) is 27.7 Å². The minimum Gasteiger partial charge on any atom is -0.399 e. The monoisotopic (exact) mass is 321 g/mol. The summed E-state index contributed by atoms with van der Waals surface area (Å²) in [5, 5.41) is 3.91. The quantitative estimate of drug-likeness (QED) is 0.861. The molecule has 0 amide bonds. The summed E-state index contributed by atoms with van der Waals surface area (Å²) < 4.78 is 12.1. The SMILES string of the molecule is CNc1ncc2cc(B3OC(C)(C)C(C)(C)O3)ccc2n1.Cl. The summed E-state index contributed by atoms with van der Waals surface area (Å²) in [5.74, 6) is 0.617. The Morgan fingerprint density at radius 1 is 1.09 bits per heavy atom. The summed E-state index contributed by atoms with van der Waals surface area (Å²) in [6.45, 7) is 8.21. The Hall–Kier alpha value is -1.37. The van der Waals surface area contributed by atoms with Gasteiger partial charge in [0, 0.05) is 18.6 Å². The van der Waals surface area contributed by atoms with Crippen molar-refractivity contribution in [1.82, 2.24) is 9.97 Å². The van der Waals surface area contributed by atoms with Crippen molar-refractivity contribution < 1.29 is 9.31 Å². The molecule has 22 heavy (non-hydrogen) atoms. The maximum atomic E-state index is 6.07. The first kappa shape index (κ1) is 17.0. The highest BCUT2D eigenvalue weighted by atomic mass is 35.5. The van der Waals surface area contributed by atoms with Crippen LogP contribution in [-0.4, -0.2) is 35.3 Å². The van der Waals surface area contributed by atoms with Crippen LogP contribution in [0.25, 0.3) is 10.9 Å². The average molecular weight is 322 g/mol. The molecule has 0 unspecified atom stereocenters. The molecular weight excluding hydrogens is 300 g/mol. The van der Waals surface area contributed by atoms with Crippen LogP contribution < -0.4 is 10.8 Å². The number of benzene rings is 1. The lowest BCUT2D eigenvalue weighted by Gasteiger charge is -2.32. The third-order valence-corrected chi connectivity index (χ3v) is 4.35. The molecule has 1 saturated heterocycles. The first-order valence-corrected chi connectivity index (χ1v) is 7.12. The lowest BCUT2D eigenvalue weighted by Crippen LogP contribution is -2.41. The summed E-state index contributed by atoms with van der Waals surface area (Å²) in [7, 11) is 1.45. The van der Waals surface area contributed by atoms with E-state index in [2.05, 4.69) is 43.0 Å². The Bertz CT molecular complexity index is 678. The van der Waals surface area contributed by atoms with Crippen LogP contribution >= 0.6 is 12.4 Å². The van der Waals surface area contributed by atoms with Crippen LogP contribution in [0, 0.1) is 0 Å². The summed E-state index contributed by atoms with van der Waals surface area (Å²) in [6.07, 6.45) is 1.81. The zero-order chi connectivity index (χ0) is 15.3. The number of aromatic nitrogens is 2. The van der Waals surface area contributed by atoms with Gasteiger partial charge >= 0.3 is 7.12 Å². The van der Waals surface area contributed by atoms with Gasteiger partial charge in [-0.3, -0.25) is 0 Å². The lowest BCUT2D eigenvalue weighted by atomic mass is 9.78. The maximum Gasteiger partial charge on any atom is 0.494 e. The summed E-state index contributed by atoms with van der Waals surface area (Å²) in [5.41, 5.74) is 1.22. The fourth-order valence-electron chi connectivity index (χ4n) is 2.30. The van der Waals surface area contributed by atoms with Gasteiger partial charge in [-0.15, -0.1) is 12.4 Å². The second kappa shape index (κ2) is 5.68. The largest absolute Gasteiger partial charge is 0.494 e. The van der Waals surface area contributed by atoms with Gasteiger partial charge < -0.3 is 14.6 Å². The van der Waals surface area contributed by atoms with Crippen molar-refractivity contribution in [3.8, 4) is 0 Å². The molecule has 118 valence electrons. The van der Waals surface area contributed by atoms with E-state index >= 15 is 0 Å². The summed E-state index contributed by atoms with van der Waals surface area (Å²) >= 11 is 0. The molecule has 1 aromatic heterocycles. The van der Waals surface area contributed by atoms with E-state index in [9.17, 15) is 0 Å². The van der Waals surface area contributed by atoms with E-state index in [0.29, 0.717) is 5.95 Å². The summed E-state index contributed by atoms with van der Waals surface area (Å²) in [4.78, 5) is 8.66. The van der Waals surface area contributed by atoms with Crippen molar-refractivity contribution >= 4 is 41.8 Å². The molecule has 0 radical (unpaired) electrons. The van der Waals surface area contributed by atoms with Gasteiger partial charge in [0.05, 0.1) is 16.7 Å². The number of nitrogens with zero attached hydrogens (tertiary/aromatic N) is 2. The third kappa shape index (κ3) is 2.78. The van der Waals surface area contributed by atoms with Gasteiger partial charge in [-0.05, 0) is 39.2 Å². The van der Waals surface area contributed by atoms with E-state index in [-0.39, 0.29) is 30.7 Å². The zero-order valence-corrected chi connectivity index (χ0v) is 14.3. The number of fused-ring (bicyclic) bond motifs is 1. The van der Waals surface area contributed by atoms with Crippen LogP contribution in [0.2, 0.25) is 0 Å². The van der Waals surface area contributed by atoms with Crippen LogP contribution in [0.5, 0.6) is 0 Å². The fraction of sp³-hybridized carbons (Fsp3) is 0.467. The Morgan fingerprint density at radius 3 is 2.32 bits per heavy atom. The minimum absolute atomic E-state index is 0. The van der Waals surface area contributed by atoms with Gasteiger partial charge in [-0.1, -0.05) is 12.1 Å². The predicted octanol–water partition coefficient (Wildman–Crippen LogP) is 2.39. The fourth-order valence-corrected chi connectivity index (χ4v) is 2.30. The Kier molecular flexibility index (Phi) is 4.39. The smallest absolute Gasteiger partial charge is 0.399 e. The molecule has 3 rings (SSSR count). The molecule has 0 spiro atoms. The van der Waals surface area contributed by atoms with E-state index in [0.717, 1.165) is 16.4 Å². The van der Waals surface area contributed by atoms with Crippen molar-refractivity contribution in [2.45, 2.75) is 38.9 Å². The molecule has 0 saturated carbocycles. The van der Waals surface area contributed by atoms with Crippen LogP contribution in [0.4, 0.5) is 5.95 Å². The van der Waals surface area contributed by atoms with Gasteiger partial charge in [0.1, 0.15) is 0 Å². The Labute approximate surface area is 137 Å². The van der Waals surface area contributed by atoms with Gasteiger partial charge in [0.2, 0.25) is 5.95 Å². The third-order valence-electron chi connectivity index (χ3n) is 4.35. The molecule has 0 atom stereocenters. The van der Waals surface area contributed by atoms with Gasteiger partial charge in [-0.2, -0.15) is 0 Å². The van der Waals surface area contributed by atoms with Crippen LogP contribution in [0.3, 0.4) is 0 Å². The number of rotatable bonds is 2. The van der Waals surface area contributed by atoms with E-state index in [1.165, 1.54) is 0 Å². The van der Waals surface area contributed by atoms with Crippen molar-refractivity contribution in [2.24, 2.45) is 0 Å². The minimum atomic E-state index is -0.358. The highest BCUT2D eigenvalue weighted by Gasteiger charge is 2.51. The molecule has 2 aromatic rings.